The molecular formula is C87H107N5O17. The third-order valence-corrected chi connectivity index (χ3v) is 18.8. The van der Waals surface area contributed by atoms with Crippen LogP contribution in [0.1, 0.15) is 173 Å². The number of rotatable bonds is 33. The summed E-state index contributed by atoms with van der Waals surface area (Å²) in [6, 6.07) is 58.7. The number of benzene rings is 7. The first-order valence-electron chi connectivity index (χ1n) is 38.7. The van der Waals surface area contributed by atoms with Crippen molar-refractivity contribution in [3.8, 4) is 33.4 Å². The molecule has 0 saturated heterocycles. The Balaban J connectivity index is 0.000000222. The molecule has 10 rings (SSSR count). The van der Waals surface area contributed by atoms with Crippen molar-refractivity contribution in [2.45, 2.75) is 143 Å². The minimum atomic E-state index is -1.08. The summed E-state index contributed by atoms with van der Waals surface area (Å²) in [5.74, 6) is -3.82. The standard InChI is InChI=1S/C33H38N2O5.C26H32N2O5.C22H25NO4.C6H12O3/c1-24(20-35(25(2)36)21-32(37)39-22-26-13-4-3-5-14-26)12-10-11-19-34-33(38)40-23-31-29-17-8-6-15-27(29)28-16-7-9-18-30(28)31;1-18(15-28(19(2)29)16-25(30)31)9-7-8-14-27-26(32)33-17-24-22-12-5-3-10-20(22)21-11-4-6-13-23(21)24;1-15(21(24)25)8-6-7-13-23-22(26)27-14-20-18-11-4-2-9-16(18)17-10-3-5-12-19(17)20;1-6(2,3)9-5(8)4-7/h3-9,13-18,24,31H,10-12,19-23H2,1-2H3,(H,34,38);3-6,10-13,18,24H,7-9,14-17H2,1-2H3,(H,27,32)(H,30,31);2-5,9-12,15,20H,6-8,13-14H2,1H3,(H,23,26)(H,24,25);7H,4H2,1-3H3/t24-;18-;15-;/m000./s1/i2*2T;;. The summed E-state index contributed by atoms with van der Waals surface area (Å²) in [6.45, 7) is 12.1. The van der Waals surface area contributed by atoms with Crippen LogP contribution in [0.5, 0.6) is 0 Å². The lowest BCUT2D eigenvalue weighted by Crippen LogP contribution is -2.38. The summed E-state index contributed by atoms with van der Waals surface area (Å²) in [7, 11) is 0. The first-order chi connectivity index (χ1) is 53.4. The van der Waals surface area contributed by atoms with E-state index < -0.39 is 80.0 Å². The second kappa shape index (κ2) is 43.8. The van der Waals surface area contributed by atoms with Gasteiger partial charge in [-0.05, 0) is 143 Å². The molecule has 22 nitrogen and oxygen atoms in total. The number of alkyl carbamates (subject to hydrolysis) is 3. The number of nitrogens with zero attached hydrogens (tertiary/aromatic N) is 2. The zero-order valence-corrected chi connectivity index (χ0v) is 63.4. The largest absolute Gasteiger partial charge is 0.481 e. The molecule has 0 fully saturated rings. The van der Waals surface area contributed by atoms with Gasteiger partial charge in [-0.2, -0.15) is 0 Å². The highest BCUT2D eigenvalue weighted by molar-refractivity contribution is 5.83. The second-order valence-corrected chi connectivity index (χ2v) is 28.5. The molecule has 5 amide bonds. The SMILES string of the molecule is CC(C)(C)OC(=O)CO.C[C@@H](CCCCNC(=O)OCC1c2ccccc2-c2ccccc21)C(=O)O.[3H]CC(=O)N(CC(=O)O)C[C@@H](C)CCCCNC(=O)OCC1c2ccccc2-c2ccccc21.[3H]CC(=O)N(CC(=O)OCc1ccccc1)C[C@@H](C)CCCCNC(=O)OCC1c2ccccc2-c2ccccc21. The number of aliphatic hydroxyl groups is 1. The predicted octanol–water partition coefficient (Wildman–Crippen LogP) is 14.9. The van der Waals surface area contributed by atoms with Gasteiger partial charge in [0.05, 0.1) is 5.92 Å². The molecule has 0 unspecified atom stereocenters. The van der Waals surface area contributed by atoms with E-state index in [1.165, 1.54) is 76.6 Å². The zero-order valence-electron chi connectivity index (χ0n) is 65.4. The number of aliphatic carboxylic acids is 2. The third kappa shape index (κ3) is 27.7. The van der Waals surface area contributed by atoms with Crippen molar-refractivity contribution in [2.24, 2.45) is 17.8 Å². The Bertz CT molecular complexity index is 4060. The fourth-order valence-electron chi connectivity index (χ4n) is 13.4. The molecule has 3 aliphatic carbocycles. The van der Waals surface area contributed by atoms with Crippen LogP contribution in [0.3, 0.4) is 0 Å². The van der Waals surface area contributed by atoms with Gasteiger partial charge in [-0.15, -0.1) is 0 Å². The zero-order chi connectivity index (χ0) is 80.2. The van der Waals surface area contributed by atoms with Crippen LogP contribution in [0.25, 0.3) is 33.4 Å². The summed E-state index contributed by atoms with van der Waals surface area (Å²) >= 11 is 0. The number of aliphatic hydroxyl groups excluding tert-OH is 1. The fourth-order valence-corrected chi connectivity index (χ4v) is 13.4. The van der Waals surface area contributed by atoms with Gasteiger partial charge in [-0.25, -0.2) is 19.2 Å². The molecule has 6 N–H and O–H groups in total. The molecule has 0 aliphatic heterocycles. The van der Waals surface area contributed by atoms with Crippen molar-refractivity contribution in [1.82, 2.24) is 25.8 Å². The Morgan fingerprint density at radius 3 is 1.06 bits per heavy atom. The smallest absolute Gasteiger partial charge is 0.407 e. The van der Waals surface area contributed by atoms with Crippen molar-refractivity contribution < 1.29 is 84.9 Å². The lowest BCUT2D eigenvalue weighted by atomic mass is 9.98. The van der Waals surface area contributed by atoms with Crippen molar-refractivity contribution in [1.29, 1.82) is 0 Å². The monoisotopic (exact) mass is 1500 g/mol. The fraction of sp³-hybridized carbons (Fsp3) is 0.414. The first kappa shape index (κ1) is 82.2. The van der Waals surface area contributed by atoms with Gasteiger partial charge in [-0.3, -0.25) is 24.0 Å². The van der Waals surface area contributed by atoms with E-state index in [2.05, 4.69) is 88.7 Å². The Morgan fingerprint density at radius 1 is 0.431 bits per heavy atom. The lowest BCUT2D eigenvalue weighted by Gasteiger charge is -2.24. The number of ether oxygens (including phenoxy) is 5. The molecular weight excluding hydrogens is 1390 g/mol. The summed E-state index contributed by atoms with van der Waals surface area (Å²) in [5, 5.41) is 34.4. The number of unbranched alkanes of at least 4 members (excludes halogenated alkanes) is 3. The molecule has 0 saturated carbocycles. The summed E-state index contributed by atoms with van der Waals surface area (Å²) in [5.41, 5.74) is 14.6. The Labute approximate surface area is 643 Å². The van der Waals surface area contributed by atoms with E-state index in [-0.39, 0.29) is 68.4 Å². The van der Waals surface area contributed by atoms with E-state index in [1.54, 1.807) is 27.7 Å². The number of carboxylic acids is 2. The van der Waals surface area contributed by atoms with Crippen LogP contribution in [0.4, 0.5) is 14.4 Å². The molecule has 0 heterocycles. The lowest BCUT2D eigenvalue weighted by molar-refractivity contribution is -0.158. The molecule has 582 valence electrons. The maximum atomic E-state index is 12.4. The average molecular weight is 1500 g/mol. The van der Waals surface area contributed by atoms with Crippen LogP contribution in [0, 0.1) is 17.8 Å². The van der Waals surface area contributed by atoms with Gasteiger partial charge in [0, 0.05) is 67.0 Å². The summed E-state index contributed by atoms with van der Waals surface area (Å²) < 4.78 is 41.2. The number of amides is 5. The molecule has 3 aliphatic rings. The van der Waals surface area contributed by atoms with E-state index in [0.717, 1.165) is 56.9 Å². The number of carboxylic acid groups (broad SMARTS) is 2. The van der Waals surface area contributed by atoms with Gasteiger partial charge in [0.1, 0.15) is 51.7 Å². The van der Waals surface area contributed by atoms with Crippen LogP contribution in [-0.4, -0.2) is 157 Å². The Morgan fingerprint density at radius 2 is 0.752 bits per heavy atom. The highest BCUT2D eigenvalue weighted by Gasteiger charge is 2.32. The molecule has 3 atom stereocenters. The van der Waals surface area contributed by atoms with Crippen LogP contribution in [0.2, 0.25) is 0 Å². The number of hydrogen-bond acceptors (Lipinski definition) is 15. The van der Waals surface area contributed by atoms with E-state index >= 15 is 0 Å². The molecule has 7 aromatic carbocycles. The molecule has 109 heavy (non-hydrogen) atoms. The van der Waals surface area contributed by atoms with E-state index in [9.17, 15) is 43.2 Å². The van der Waals surface area contributed by atoms with Gasteiger partial charge in [0.15, 0.2) is 0 Å². The number of carbonyl (C=O) groups excluding carboxylic acids is 7. The molecule has 0 radical (unpaired) electrons. The molecule has 0 aromatic heterocycles. The maximum absolute atomic E-state index is 12.4. The minimum Gasteiger partial charge on any atom is -0.481 e. The normalized spacial score (nSPS) is 13.1. The van der Waals surface area contributed by atoms with Gasteiger partial charge < -0.3 is 64.8 Å². The molecule has 0 bridgehead atoms. The topological polar surface area (TPSA) is 303 Å². The van der Waals surface area contributed by atoms with Crippen molar-refractivity contribution >= 4 is 54.0 Å². The Hall–Kier alpha value is -10.9. The van der Waals surface area contributed by atoms with Crippen LogP contribution >= 0.6 is 0 Å². The number of hydrogen-bond donors (Lipinski definition) is 6. The quantitative estimate of drug-likeness (QED) is 0.0126. The number of esters is 2. The average Bonchev–Trinajstić information content (AvgIpc) is 1.63. The minimum absolute atomic E-state index is 0.0268. The van der Waals surface area contributed by atoms with Gasteiger partial charge in [-0.1, -0.05) is 216 Å². The van der Waals surface area contributed by atoms with Gasteiger partial charge in [0.2, 0.25) is 11.8 Å². The highest BCUT2D eigenvalue weighted by atomic mass is 16.6. The first-order valence-corrected chi connectivity index (χ1v) is 37.3. The van der Waals surface area contributed by atoms with Crippen molar-refractivity contribution in [3.05, 3.63) is 215 Å². The van der Waals surface area contributed by atoms with Crippen LogP contribution in [0.15, 0.2) is 176 Å². The van der Waals surface area contributed by atoms with Gasteiger partial charge in [0.25, 0.3) is 0 Å². The number of fused-ring (bicyclic) bond motifs is 9. The van der Waals surface area contributed by atoms with E-state index in [1.807, 2.05) is 117 Å². The number of carbonyl (C=O) groups is 9. The van der Waals surface area contributed by atoms with Crippen LogP contribution < -0.4 is 16.0 Å². The maximum Gasteiger partial charge on any atom is 0.407 e. The predicted molar refractivity (Wildman–Crippen MR) is 417 cm³/mol. The number of nitrogens with one attached hydrogen (secondary N) is 3. The van der Waals surface area contributed by atoms with Crippen molar-refractivity contribution in [3.63, 3.8) is 0 Å². The van der Waals surface area contributed by atoms with Crippen molar-refractivity contribution in [2.75, 3.05) is 72.2 Å². The van der Waals surface area contributed by atoms with E-state index in [0.29, 0.717) is 45.8 Å². The summed E-state index contributed by atoms with van der Waals surface area (Å²) in [6.07, 6.45) is 5.59. The Kier molecular flexibility index (Phi) is 33.0. The highest BCUT2D eigenvalue weighted by Crippen LogP contribution is 2.47. The summed E-state index contributed by atoms with van der Waals surface area (Å²) in [4.78, 5) is 108. The van der Waals surface area contributed by atoms with Crippen LogP contribution in [-0.2, 0) is 59.1 Å². The van der Waals surface area contributed by atoms with E-state index in [4.69, 9.17) is 41.7 Å². The molecule has 22 heteroatoms. The second-order valence-electron chi connectivity index (χ2n) is 28.5. The van der Waals surface area contributed by atoms with Gasteiger partial charge >= 0.3 is 42.2 Å². The molecule has 7 aromatic rings. The molecule has 0 spiro atoms. The third-order valence-electron chi connectivity index (χ3n) is 18.8.